The van der Waals surface area contributed by atoms with E-state index in [0.29, 0.717) is 31.4 Å². The van der Waals surface area contributed by atoms with Crippen LogP contribution >= 0.6 is 0 Å². The molecule has 0 aliphatic carbocycles. The smallest absolute Gasteiger partial charge is 0.325 e. The molecule has 0 aliphatic heterocycles. The second kappa shape index (κ2) is 14.8. The number of carboxylic acids is 1. The number of benzene rings is 2. The van der Waals surface area contributed by atoms with Gasteiger partial charge in [0, 0.05) is 29.9 Å². The molecule has 3 amide bonds. The van der Waals surface area contributed by atoms with Crippen LogP contribution in [0.25, 0.3) is 10.9 Å². The molecule has 3 rings (SSSR count). The second-order valence-corrected chi connectivity index (χ2v) is 10.0. The molecular weight excluding hydrogens is 528 g/mol. The summed E-state index contributed by atoms with van der Waals surface area (Å²) in [5.74, 6) is -3.07. The van der Waals surface area contributed by atoms with Gasteiger partial charge in [0.1, 0.15) is 23.9 Å². The summed E-state index contributed by atoms with van der Waals surface area (Å²) in [6, 6.07) is 9.28. The number of nitrogens with one attached hydrogen (secondary N) is 4. The molecule has 0 fully saturated rings. The van der Waals surface area contributed by atoms with E-state index in [1.54, 1.807) is 18.3 Å². The molecule has 4 unspecified atom stereocenters. The van der Waals surface area contributed by atoms with Gasteiger partial charge in [-0.15, -0.1) is 0 Å². The summed E-state index contributed by atoms with van der Waals surface area (Å²) in [5.41, 5.74) is 13.9. The molecule has 0 aliphatic rings. The molecule has 220 valence electrons. The second-order valence-electron chi connectivity index (χ2n) is 10.0. The molecule has 2 aromatic carbocycles. The van der Waals surface area contributed by atoms with Crippen molar-refractivity contribution in [1.29, 1.82) is 0 Å². The molecule has 41 heavy (non-hydrogen) atoms. The number of hydrogen-bond donors (Lipinski definition) is 8. The number of phenols is 1. The molecule has 0 radical (unpaired) electrons. The summed E-state index contributed by atoms with van der Waals surface area (Å²) in [4.78, 5) is 54.3. The standard InChI is InChI=1S/C29H38N6O6/c1-17(29(40)41)33-27(38)24(14-18-9-11-20(36)12-10-18)35-28(39)25(34-26(37)22(31)7-4-5-13-30)15-19-16-32-23-8-3-2-6-21(19)23/h2-3,6,8-12,16-17,22,24-25,32,36H,4-5,7,13-15,30-31H2,1H3,(H,33,38)(H,34,37)(H,35,39)(H,40,41). The number of carbonyl (C=O) groups excluding carboxylic acids is 3. The number of fused-ring (bicyclic) bond motifs is 1. The summed E-state index contributed by atoms with van der Waals surface area (Å²) < 4.78 is 0. The molecule has 1 aromatic heterocycles. The lowest BCUT2D eigenvalue weighted by Crippen LogP contribution is -2.57. The zero-order chi connectivity index (χ0) is 29.9. The third kappa shape index (κ3) is 9.05. The Morgan fingerprint density at radius 2 is 1.51 bits per heavy atom. The van der Waals surface area contributed by atoms with Crippen molar-refractivity contribution in [3.63, 3.8) is 0 Å². The Hall–Kier alpha value is -4.42. The van der Waals surface area contributed by atoms with Gasteiger partial charge in [-0.2, -0.15) is 0 Å². The molecule has 12 nitrogen and oxygen atoms in total. The zero-order valence-electron chi connectivity index (χ0n) is 22.9. The van der Waals surface area contributed by atoms with Gasteiger partial charge in [0.05, 0.1) is 6.04 Å². The number of phenolic OH excluding ortho intramolecular Hbond substituents is 1. The number of H-pyrrole nitrogens is 1. The van der Waals surface area contributed by atoms with Crippen molar-refractivity contribution in [3.05, 3.63) is 65.9 Å². The minimum atomic E-state index is -1.24. The number of aliphatic carboxylic acids is 1. The first-order valence-electron chi connectivity index (χ1n) is 13.5. The highest BCUT2D eigenvalue weighted by Gasteiger charge is 2.30. The van der Waals surface area contributed by atoms with Crippen LogP contribution in [-0.2, 0) is 32.0 Å². The van der Waals surface area contributed by atoms with Gasteiger partial charge in [-0.3, -0.25) is 19.2 Å². The van der Waals surface area contributed by atoms with E-state index in [1.165, 1.54) is 19.1 Å². The molecule has 0 saturated heterocycles. The molecule has 3 aromatic rings. The van der Waals surface area contributed by atoms with Crippen LogP contribution < -0.4 is 27.4 Å². The van der Waals surface area contributed by atoms with E-state index in [-0.39, 0.29) is 18.6 Å². The normalized spacial score (nSPS) is 14.0. The summed E-state index contributed by atoms with van der Waals surface area (Å²) in [6.07, 6.45) is 3.63. The highest BCUT2D eigenvalue weighted by atomic mass is 16.4. The van der Waals surface area contributed by atoms with E-state index in [0.717, 1.165) is 16.5 Å². The largest absolute Gasteiger partial charge is 0.508 e. The number of aromatic hydroxyl groups is 1. The lowest BCUT2D eigenvalue weighted by Gasteiger charge is -2.25. The van der Waals surface area contributed by atoms with Crippen molar-refractivity contribution in [3.8, 4) is 5.75 Å². The number of hydrogen-bond acceptors (Lipinski definition) is 7. The molecule has 0 bridgehead atoms. The predicted molar refractivity (Wildman–Crippen MR) is 154 cm³/mol. The maximum Gasteiger partial charge on any atom is 0.325 e. The van der Waals surface area contributed by atoms with Crippen molar-refractivity contribution in [2.24, 2.45) is 11.5 Å². The summed E-state index contributed by atoms with van der Waals surface area (Å²) in [6.45, 7) is 1.79. The molecule has 4 atom stereocenters. The van der Waals surface area contributed by atoms with Gasteiger partial charge < -0.3 is 42.6 Å². The molecule has 0 spiro atoms. The van der Waals surface area contributed by atoms with Crippen molar-refractivity contribution < 1.29 is 29.4 Å². The summed E-state index contributed by atoms with van der Waals surface area (Å²) in [5, 5.41) is 27.6. The van der Waals surface area contributed by atoms with Gasteiger partial charge in [0.25, 0.3) is 0 Å². The van der Waals surface area contributed by atoms with Gasteiger partial charge in [0.2, 0.25) is 17.7 Å². The van der Waals surface area contributed by atoms with E-state index in [4.69, 9.17) is 11.5 Å². The van der Waals surface area contributed by atoms with E-state index in [9.17, 15) is 29.4 Å². The number of aromatic amines is 1. The fourth-order valence-corrected chi connectivity index (χ4v) is 4.37. The Kier molecular flexibility index (Phi) is 11.2. The molecule has 0 saturated carbocycles. The Morgan fingerprint density at radius 1 is 0.878 bits per heavy atom. The zero-order valence-corrected chi connectivity index (χ0v) is 22.9. The van der Waals surface area contributed by atoms with Crippen LogP contribution in [0.1, 0.15) is 37.3 Å². The van der Waals surface area contributed by atoms with Crippen molar-refractivity contribution in [2.75, 3.05) is 6.54 Å². The maximum absolute atomic E-state index is 13.7. The maximum atomic E-state index is 13.7. The topological polar surface area (TPSA) is 213 Å². The Morgan fingerprint density at radius 3 is 2.20 bits per heavy atom. The van der Waals surface area contributed by atoms with Crippen LogP contribution in [0.2, 0.25) is 0 Å². The number of carbonyl (C=O) groups is 4. The van der Waals surface area contributed by atoms with E-state index >= 15 is 0 Å². The van der Waals surface area contributed by atoms with Crippen molar-refractivity contribution in [2.45, 2.75) is 63.2 Å². The predicted octanol–water partition coefficient (Wildman–Crippen LogP) is 0.674. The van der Waals surface area contributed by atoms with E-state index in [1.807, 2.05) is 24.3 Å². The van der Waals surface area contributed by atoms with Gasteiger partial charge in [0.15, 0.2) is 0 Å². The fraction of sp³-hybridized carbons (Fsp3) is 0.379. The molecule has 10 N–H and O–H groups in total. The Labute approximate surface area is 237 Å². The highest BCUT2D eigenvalue weighted by molar-refractivity contribution is 5.95. The Bertz CT molecular complexity index is 1340. The number of nitrogens with two attached hydrogens (primary N) is 2. The number of rotatable bonds is 15. The monoisotopic (exact) mass is 566 g/mol. The van der Waals surface area contributed by atoms with Crippen LogP contribution in [0.4, 0.5) is 0 Å². The quantitative estimate of drug-likeness (QED) is 0.122. The highest BCUT2D eigenvalue weighted by Crippen LogP contribution is 2.20. The average Bonchev–Trinajstić information content (AvgIpc) is 3.36. The van der Waals surface area contributed by atoms with Crippen LogP contribution in [0.3, 0.4) is 0 Å². The van der Waals surface area contributed by atoms with Crippen LogP contribution in [0.15, 0.2) is 54.7 Å². The lowest BCUT2D eigenvalue weighted by molar-refractivity contribution is -0.141. The SMILES string of the molecule is CC(NC(=O)C(Cc1ccc(O)cc1)NC(=O)C(Cc1c[nH]c2ccccc12)NC(=O)C(N)CCCCN)C(=O)O. The average molecular weight is 567 g/mol. The molecule has 1 heterocycles. The first-order valence-corrected chi connectivity index (χ1v) is 13.5. The third-order valence-electron chi connectivity index (χ3n) is 6.78. The first-order chi connectivity index (χ1) is 19.6. The van der Waals surface area contributed by atoms with Crippen molar-refractivity contribution >= 4 is 34.6 Å². The first kappa shape index (κ1) is 31.1. The third-order valence-corrected chi connectivity index (χ3v) is 6.78. The van der Waals surface area contributed by atoms with Crippen LogP contribution in [0.5, 0.6) is 5.75 Å². The summed E-state index contributed by atoms with van der Waals surface area (Å²) in [7, 11) is 0. The van der Waals surface area contributed by atoms with Gasteiger partial charge in [-0.05, 0) is 55.6 Å². The number of amides is 3. The number of aromatic nitrogens is 1. The fourth-order valence-electron chi connectivity index (χ4n) is 4.37. The number of para-hydroxylation sites is 1. The van der Waals surface area contributed by atoms with E-state index < -0.39 is 47.9 Å². The van der Waals surface area contributed by atoms with E-state index in [2.05, 4.69) is 20.9 Å². The minimum absolute atomic E-state index is 0.0105. The minimum Gasteiger partial charge on any atom is -0.508 e. The molecular formula is C29H38N6O6. The number of carboxylic acid groups (broad SMARTS) is 1. The van der Waals surface area contributed by atoms with Crippen LogP contribution in [-0.4, -0.2) is 69.6 Å². The van der Waals surface area contributed by atoms with Crippen LogP contribution in [0, 0.1) is 0 Å². The van der Waals surface area contributed by atoms with Gasteiger partial charge in [-0.1, -0.05) is 36.8 Å². The molecule has 12 heteroatoms. The lowest BCUT2D eigenvalue weighted by atomic mass is 10.0. The van der Waals surface area contributed by atoms with Gasteiger partial charge >= 0.3 is 5.97 Å². The Balaban J connectivity index is 1.86. The van der Waals surface area contributed by atoms with Crippen molar-refractivity contribution in [1.82, 2.24) is 20.9 Å². The number of unbranched alkanes of at least 4 members (excludes halogenated alkanes) is 1. The summed E-state index contributed by atoms with van der Waals surface area (Å²) >= 11 is 0. The van der Waals surface area contributed by atoms with Gasteiger partial charge in [-0.25, -0.2) is 0 Å².